The molecule has 2 aromatic rings. The fourth-order valence-corrected chi connectivity index (χ4v) is 1.53. The first-order valence-electron chi connectivity index (χ1n) is 5.24. The summed E-state index contributed by atoms with van der Waals surface area (Å²) in [6.07, 6.45) is 9.49. The second-order valence-electron chi connectivity index (χ2n) is 3.74. The van der Waals surface area contributed by atoms with E-state index in [1.807, 2.05) is 22.9 Å². The molecule has 2 heterocycles. The van der Waals surface area contributed by atoms with Gasteiger partial charge in [-0.25, -0.2) is 4.98 Å². The summed E-state index contributed by atoms with van der Waals surface area (Å²) < 4.78 is 2.02. The second kappa shape index (κ2) is 4.70. The van der Waals surface area contributed by atoms with Crippen LogP contribution in [-0.2, 0) is 0 Å². The molecule has 16 heavy (non-hydrogen) atoms. The average Bonchev–Trinajstić information content (AvgIpc) is 2.80. The maximum atomic E-state index is 7.08. The number of nitrogens with zero attached hydrogens (tertiary/aromatic N) is 3. The van der Waals surface area contributed by atoms with Crippen molar-refractivity contribution in [3.63, 3.8) is 0 Å². The molecule has 0 aliphatic heterocycles. The SMILES string of the molecule is C[C@H](CC=N)n1cnc(-c2cccnc2)c1. The van der Waals surface area contributed by atoms with Crippen LogP contribution in [0, 0.1) is 5.41 Å². The summed E-state index contributed by atoms with van der Waals surface area (Å²) in [5.74, 6) is 0. The minimum atomic E-state index is 0.274. The van der Waals surface area contributed by atoms with Gasteiger partial charge in [0.15, 0.2) is 0 Å². The highest BCUT2D eigenvalue weighted by Gasteiger charge is 2.06. The third-order valence-corrected chi connectivity index (χ3v) is 2.53. The molecule has 4 nitrogen and oxygen atoms in total. The van der Waals surface area contributed by atoms with Crippen LogP contribution in [0.5, 0.6) is 0 Å². The molecule has 0 radical (unpaired) electrons. The smallest absolute Gasteiger partial charge is 0.0956 e. The van der Waals surface area contributed by atoms with Crippen molar-refractivity contribution in [3.8, 4) is 11.3 Å². The summed E-state index contributed by atoms with van der Waals surface area (Å²) in [4.78, 5) is 8.40. The van der Waals surface area contributed by atoms with Gasteiger partial charge in [-0.2, -0.15) is 0 Å². The van der Waals surface area contributed by atoms with Crippen LogP contribution in [-0.4, -0.2) is 20.7 Å². The highest BCUT2D eigenvalue weighted by atomic mass is 15.1. The highest BCUT2D eigenvalue weighted by molar-refractivity contribution is 5.57. The van der Waals surface area contributed by atoms with E-state index in [0.29, 0.717) is 0 Å². The molecule has 4 heteroatoms. The molecule has 0 aromatic carbocycles. The first-order valence-corrected chi connectivity index (χ1v) is 5.24. The van der Waals surface area contributed by atoms with E-state index < -0.39 is 0 Å². The molecule has 0 aliphatic carbocycles. The Hall–Kier alpha value is -1.97. The predicted molar refractivity (Wildman–Crippen MR) is 63.6 cm³/mol. The van der Waals surface area contributed by atoms with Gasteiger partial charge in [0.2, 0.25) is 0 Å². The minimum absolute atomic E-state index is 0.274. The van der Waals surface area contributed by atoms with Gasteiger partial charge in [-0.15, -0.1) is 0 Å². The molecule has 0 unspecified atom stereocenters. The Morgan fingerprint density at radius 3 is 3.12 bits per heavy atom. The van der Waals surface area contributed by atoms with E-state index in [2.05, 4.69) is 16.9 Å². The normalized spacial score (nSPS) is 12.3. The number of imidazole rings is 1. The number of rotatable bonds is 4. The number of nitrogens with one attached hydrogen (secondary N) is 1. The van der Waals surface area contributed by atoms with Crippen molar-refractivity contribution in [1.82, 2.24) is 14.5 Å². The van der Waals surface area contributed by atoms with E-state index in [4.69, 9.17) is 5.41 Å². The third kappa shape index (κ3) is 2.16. The minimum Gasteiger partial charge on any atom is -0.334 e. The number of hydrogen-bond acceptors (Lipinski definition) is 3. The van der Waals surface area contributed by atoms with E-state index in [1.54, 1.807) is 18.7 Å². The van der Waals surface area contributed by atoms with Gasteiger partial charge in [0.1, 0.15) is 0 Å². The van der Waals surface area contributed by atoms with Gasteiger partial charge in [0, 0.05) is 36.6 Å². The lowest BCUT2D eigenvalue weighted by Gasteiger charge is -2.08. The fourth-order valence-electron chi connectivity index (χ4n) is 1.53. The molecule has 0 bridgehead atoms. The van der Waals surface area contributed by atoms with Crippen molar-refractivity contribution in [2.75, 3.05) is 0 Å². The molecule has 0 amide bonds. The molecule has 1 atom stereocenters. The topological polar surface area (TPSA) is 54.6 Å². The maximum Gasteiger partial charge on any atom is 0.0956 e. The monoisotopic (exact) mass is 214 g/mol. The zero-order valence-corrected chi connectivity index (χ0v) is 9.17. The Morgan fingerprint density at radius 1 is 1.56 bits per heavy atom. The largest absolute Gasteiger partial charge is 0.334 e. The van der Waals surface area contributed by atoms with Crippen molar-refractivity contribution in [3.05, 3.63) is 37.1 Å². The standard InChI is InChI=1S/C12H14N4/c1-10(4-5-13)16-8-12(15-9-16)11-3-2-6-14-7-11/h2-3,5-10,13H,4H2,1H3/t10-/m1/s1. The Balaban J connectivity index is 2.23. The summed E-state index contributed by atoms with van der Waals surface area (Å²) in [6.45, 7) is 2.07. The van der Waals surface area contributed by atoms with Crippen LogP contribution >= 0.6 is 0 Å². The van der Waals surface area contributed by atoms with Crippen molar-refractivity contribution in [2.45, 2.75) is 19.4 Å². The van der Waals surface area contributed by atoms with Crippen molar-refractivity contribution >= 4 is 6.21 Å². The Labute approximate surface area is 94.5 Å². The number of aromatic nitrogens is 3. The van der Waals surface area contributed by atoms with Gasteiger partial charge in [-0.1, -0.05) is 0 Å². The van der Waals surface area contributed by atoms with Gasteiger partial charge < -0.3 is 9.98 Å². The van der Waals surface area contributed by atoms with Gasteiger partial charge in [0.05, 0.1) is 12.0 Å². The van der Waals surface area contributed by atoms with Crippen molar-refractivity contribution < 1.29 is 0 Å². The van der Waals surface area contributed by atoms with Gasteiger partial charge in [0.25, 0.3) is 0 Å². The molecule has 0 fully saturated rings. The van der Waals surface area contributed by atoms with Crippen LogP contribution < -0.4 is 0 Å². The Kier molecular flexibility index (Phi) is 3.10. The molecule has 82 valence electrons. The molecule has 1 N–H and O–H groups in total. The summed E-state index contributed by atoms with van der Waals surface area (Å²) in [6, 6.07) is 4.16. The average molecular weight is 214 g/mol. The van der Waals surface area contributed by atoms with Crippen LogP contribution in [0.25, 0.3) is 11.3 Å². The first-order chi connectivity index (χ1) is 7.81. The lowest BCUT2D eigenvalue weighted by atomic mass is 10.2. The Morgan fingerprint density at radius 2 is 2.44 bits per heavy atom. The summed E-state index contributed by atoms with van der Waals surface area (Å²) in [7, 11) is 0. The lowest BCUT2D eigenvalue weighted by Crippen LogP contribution is -2.02. The highest BCUT2D eigenvalue weighted by Crippen LogP contribution is 2.18. The summed E-state index contributed by atoms with van der Waals surface area (Å²) in [5, 5.41) is 7.08. The maximum absolute atomic E-state index is 7.08. The van der Waals surface area contributed by atoms with Crippen LogP contribution in [0.4, 0.5) is 0 Å². The molecule has 0 saturated carbocycles. The Bertz CT molecular complexity index is 461. The van der Waals surface area contributed by atoms with Crippen LogP contribution in [0.15, 0.2) is 37.1 Å². The van der Waals surface area contributed by atoms with E-state index in [-0.39, 0.29) is 6.04 Å². The fraction of sp³-hybridized carbons (Fsp3) is 0.250. The van der Waals surface area contributed by atoms with Gasteiger partial charge in [-0.3, -0.25) is 4.98 Å². The molecule has 0 saturated heterocycles. The van der Waals surface area contributed by atoms with Crippen LogP contribution in [0.1, 0.15) is 19.4 Å². The predicted octanol–water partition coefficient (Wildman–Crippen LogP) is 2.55. The second-order valence-corrected chi connectivity index (χ2v) is 3.74. The summed E-state index contributed by atoms with van der Waals surface area (Å²) >= 11 is 0. The molecule has 2 aromatic heterocycles. The van der Waals surface area contributed by atoms with Crippen LogP contribution in [0.3, 0.4) is 0 Å². The molecule has 2 rings (SSSR count). The van der Waals surface area contributed by atoms with Crippen molar-refractivity contribution in [2.24, 2.45) is 0 Å². The number of hydrogen-bond donors (Lipinski definition) is 1. The van der Waals surface area contributed by atoms with Crippen LogP contribution in [0.2, 0.25) is 0 Å². The number of pyridine rings is 1. The van der Waals surface area contributed by atoms with E-state index in [9.17, 15) is 0 Å². The van der Waals surface area contributed by atoms with E-state index in [1.165, 1.54) is 6.21 Å². The molecule has 0 spiro atoms. The zero-order valence-electron chi connectivity index (χ0n) is 9.17. The van der Waals surface area contributed by atoms with E-state index >= 15 is 0 Å². The molecule has 0 aliphatic rings. The van der Waals surface area contributed by atoms with Gasteiger partial charge in [-0.05, 0) is 25.3 Å². The lowest BCUT2D eigenvalue weighted by molar-refractivity contribution is 0.570. The van der Waals surface area contributed by atoms with Crippen molar-refractivity contribution in [1.29, 1.82) is 5.41 Å². The zero-order chi connectivity index (χ0) is 11.4. The third-order valence-electron chi connectivity index (χ3n) is 2.53. The quantitative estimate of drug-likeness (QED) is 0.795. The molecular formula is C12H14N4. The summed E-state index contributed by atoms with van der Waals surface area (Å²) in [5.41, 5.74) is 1.94. The first kappa shape index (κ1) is 10.5. The van der Waals surface area contributed by atoms with E-state index in [0.717, 1.165) is 17.7 Å². The molecular weight excluding hydrogens is 200 g/mol. The van der Waals surface area contributed by atoms with Gasteiger partial charge >= 0.3 is 0 Å².